The van der Waals surface area contributed by atoms with E-state index in [4.69, 9.17) is 0 Å². The first-order valence-electron chi connectivity index (χ1n) is 8.29. The second kappa shape index (κ2) is 6.15. The van der Waals surface area contributed by atoms with Crippen molar-refractivity contribution < 1.29 is 9.18 Å². The normalized spacial score (nSPS) is 14.0. The van der Waals surface area contributed by atoms with Crippen LogP contribution in [-0.2, 0) is 6.54 Å². The van der Waals surface area contributed by atoms with E-state index in [9.17, 15) is 9.18 Å². The van der Waals surface area contributed by atoms with E-state index < -0.39 is 11.8 Å². The highest BCUT2D eigenvalue weighted by Gasteiger charge is 2.30. The molecule has 0 spiro atoms. The van der Waals surface area contributed by atoms with Crippen LogP contribution in [-0.4, -0.2) is 31.2 Å². The first-order chi connectivity index (χ1) is 12.2. The molecular weight excluding hydrogens is 325 g/mol. The minimum absolute atomic E-state index is 0.0489. The molecule has 130 valence electrons. The molecule has 0 aliphatic heterocycles. The maximum absolute atomic E-state index is 14.1. The standard InChI is InChI=1S/C16H18FN7O/c1-2-5-24-15(9-3-4-9)14(8-18-24)20-16(25)19-11-7-13-12(6-10(11)17)21-23-22-13/h6-9H,2-5H2,1H3,(H2,19,20,25)(H,21,22,23). The zero-order chi connectivity index (χ0) is 17.4. The summed E-state index contributed by atoms with van der Waals surface area (Å²) in [5, 5.41) is 19.8. The number of H-pyrrole nitrogens is 1. The first kappa shape index (κ1) is 15.6. The highest BCUT2D eigenvalue weighted by Crippen LogP contribution is 2.43. The summed E-state index contributed by atoms with van der Waals surface area (Å²) in [5.41, 5.74) is 2.65. The van der Waals surface area contributed by atoms with Gasteiger partial charge in [0.25, 0.3) is 0 Å². The average molecular weight is 343 g/mol. The summed E-state index contributed by atoms with van der Waals surface area (Å²) in [6.07, 6.45) is 4.82. The summed E-state index contributed by atoms with van der Waals surface area (Å²) in [6.45, 7) is 2.90. The van der Waals surface area contributed by atoms with Crippen molar-refractivity contribution in [3.63, 3.8) is 0 Å². The van der Waals surface area contributed by atoms with Crippen LogP contribution in [0.2, 0.25) is 0 Å². The number of benzene rings is 1. The second-order valence-electron chi connectivity index (χ2n) is 6.16. The number of aromatic nitrogens is 5. The van der Waals surface area contributed by atoms with E-state index in [0.717, 1.165) is 31.5 Å². The van der Waals surface area contributed by atoms with Crippen LogP contribution in [0.5, 0.6) is 0 Å². The van der Waals surface area contributed by atoms with E-state index in [1.54, 1.807) is 6.20 Å². The number of hydrogen-bond donors (Lipinski definition) is 3. The number of fused-ring (bicyclic) bond motifs is 1. The van der Waals surface area contributed by atoms with Crippen molar-refractivity contribution in [3.8, 4) is 0 Å². The molecule has 1 aromatic carbocycles. The predicted molar refractivity (Wildman–Crippen MR) is 91.0 cm³/mol. The van der Waals surface area contributed by atoms with Gasteiger partial charge in [0.15, 0.2) is 0 Å². The molecule has 9 heteroatoms. The molecule has 3 N–H and O–H groups in total. The number of aromatic amines is 1. The summed E-state index contributed by atoms with van der Waals surface area (Å²) in [7, 11) is 0. The Balaban J connectivity index is 1.53. The van der Waals surface area contributed by atoms with Crippen LogP contribution in [0, 0.1) is 5.82 Å². The summed E-state index contributed by atoms with van der Waals surface area (Å²) >= 11 is 0. The number of carbonyl (C=O) groups excluding carboxylic acids is 1. The molecule has 25 heavy (non-hydrogen) atoms. The number of rotatable bonds is 5. The smallest absolute Gasteiger partial charge is 0.305 e. The molecule has 2 aromatic heterocycles. The Labute approximate surface area is 142 Å². The van der Waals surface area contributed by atoms with Crippen molar-refractivity contribution in [2.45, 2.75) is 38.6 Å². The van der Waals surface area contributed by atoms with Crippen molar-refractivity contribution >= 4 is 28.4 Å². The van der Waals surface area contributed by atoms with E-state index in [0.29, 0.717) is 22.6 Å². The lowest BCUT2D eigenvalue weighted by atomic mass is 10.2. The van der Waals surface area contributed by atoms with Gasteiger partial charge in [-0.1, -0.05) is 6.92 Å². The third-order valence-corrected chi connectivity index (χ3v) is 4.18. The van der Waals surface area contributed by atoms with Crippen LogP contribution in [0.3, 0.4) is 0 Å². The average Bonchev–Trinajstić information content (AvgIpc) is 3.19. The van der Waals surface area contributed by atoms with E-state index in [1.807, 2.05) is 4.68 Å². The van der Waals surface area contributed by atoms with Gasteiger partial charge in [-0.15, -0.1) is 0 Å². The van der Waals surface area contributed by atoms with Crippen molar-refractivity contribution in [1.29, 1.82) is 0 Å². The van der Waals surface area contributed by atoms with Gasteiger partial charge in [0.1, 0.15) is 16.9 Å². The molecule has 8 nitrogen and oxygen atoms in total. The Hall–Kier alpha value is -2.97. The summed E-state index contributed by atoms with van der Waals surface area (Å²) < 4.78 is 16.0. The number of nitrogens with one attached hydrogen (secondary N) is 3. The molecule has 1 aliphatic carbocycles. The van der Waals surface area contributed by atoms with Gasteiger partial charge >= 0.3 is 6.03 Å². The fourth-order valence-corrected chi connectivity index (χ4v) is 2.90. The molecule has 1 aliphatic rings. The van der Waals surface area contributed by atoms with E-state index in [1.165, 1.54) is 12.1 Å². The number of urea groups is 1. The van der Waals surface area contributed by atoms with Crippen LogP contribution in [0.4, 0.5) is 20.6 Å². The SMILES string of the molecule is CCCn1ncc(NC(=O)Nc2cc3n[nH]nc3cc2F)c1C1CC1. The van der Waals surface area contributed by atoms with E-state index >= 15 is 0 Å². The largest absolute Gasteiger partial charge is 0.323 e. The number of amides is 2. The molecule has 0 atom stereocenters. The lowest BCUT2D eigenvalue weighted by Gasteiger charge is -2.10. The van der Waals surface area contributed by atoms with Gasteiger partial charge in [-0.3, -0.25) is 4.68 Å². The Bertz CT molecular complexity index is 928. The van der Waals surface area contributed by atoms with Crippen molar-refractivity contribution in [2.75, 3.05) is 10.6 Å². The molecule has 0 unspecified atom stereocenters. The van der Waals surface area contributed by atoms with Crippen LogP contribution < -0.4 is 10.6 Å². The minimum Gasteiger partial charge on any atom is -0.305 e. The molecule has 1 saturated carbocycles. The van der Waals surface area contributed by atoms with Crippen LogP contribution >= 0.6 is 0 Å². The van der Waals surface area contributed by atoms with Gasteiger partial charge in [0.05, 0.1) is 23.3 Å². The third kappa shape index (κ3) is 3.04. The van der Waals surface area contributed by atoms with Gasteiger partial charge in [0, 0.05) is 18.5 Å². The quantitative estimate of drug-likeness (QED) is 0.662. The number of halogens is 1. The summed E-state index contributed by atoms with van der Waals surface area (Å²) in [6, 6.07) is 2.15. The monoisotopic (exact) mass is 343 g/mol. The van der Waals surface area contributed by atoms with E-state index in [-0.39, 0.29) is 5.69 Å². The van der Waals surface area contributed by atoms with Gasteiger partial charge in [-0.05, 0) is 25.3 Å². The third-order valence-electron chi connectivity index (χ3n) is 4.18. The summed E-state index contributed by atoms with van der Waals surface area (Å²) in [5.74, 6) is -0.131. The number of nitrogens with zero attached hydrogens (tertiary/aromatic N) is 4. The predicted octanol–water partition coefficient (Wildman–Crippen LogP) is 3.22. The minimum atomic E-state index is -0.569. The Morgan fingerprint density at radius 2 is 2.00 bits per heavy atom. The molecule has 2 amide bonds. The first-order valence-corrected chi connectivity index (χ1v) is 8.29. The van der Waals surface area contributed by atoms with Crippen molar-refractivity contribution in [3.05, 3.63) is 29.8 Å². The highest BCUT2D eigenvalue weighted by molar-refractivity contribution is 6.01. The zero-order valence-electron chi connectivity index (χ0n) is 13.7. The Kier molecular flexibility index (Phi) is 3.83. The number of hydrogen-bond acceptors (Lipinski definition) is 4. The Morgan fingerprint density at radius 1 is 1.28 bits per heavy atom. The van der Waals surface area contributed by atoms with Crippen LogP contribution in [0.25, 0.3) is 11.0 Å². The number of carbonyl (C=O) groups is 1. The molecule has 4 rings (SSSR count). The van der Waals surface area contributed by atoms with Gasteiger partial charge < -0.3 is 10.6 Å². The van der Waals surface area contributed by atoms with Crippen LogP contribution in [0.1, 0.15) is 37.8 Å². The molecule has 0 radical (unpaired) electrons. The second-order valence-corrected chi connectivity index (χ2v) is 6.16. The lowest BCUT2D eigenvalue weighted by Crippen LogP contribution is -2.21. The number of aryl methyl sites for hydroxylation is 1. The van der Waals surface area contributed by atoms with Gasteiger partial charge in [-0.25, -0.2) is 9.18 Å². The van der Waals surface area contributed by atoms with Gasteiger partial charge in [-0.2, -0.15) is 20.5 Å². The molecule has 1 fully saturated rings. The lowest BCUT2D eigenvalue weighted by molar-refractivity contribution is 0.262. The Morgan fingerprint density at radius 3 is 2.72 bits per heavy atom. The fourth-order valence-electron chi connectivity index (χ4n) is 2.90. The highest BCUT2D eigenvalue weighted by atomic mass is 19.1. The van der Waals surface area contributed by atoms with Crippen LogP contribution in [0.15, 0.2) is 18.3 Å². The zero-order valence-corrected chi connectivity index (χ0v) is 13.7. The number of anilines is 2. The molecular formula is C16H18FN7O. The molecule has 0 bridgehead atoms. The van der Waals surface area contributed by atoms with Crippen molar-refractivity contribution in [2.24, 2.45) is 0 Å². The maximum Gasteiger partial charge on any atom is 0.323 e. The van der Waals surface area contributed by atoms with Crippen molar-refractivity contribution in [1.82, 2.24) is 25.2 Å². The summed E-state index contributed by atoms with van der Waals surface area (Å²) in [4.78, 5) is 12.3. The maximum atomic E-state index is 14.1. The molecule has 3 aromatic rings. The molecule has 2 heterocycles. The molecule has 0 saturated heterocycles. The van der Waals surface area contributed by atoms with E-state index in [2.05, 4.69) is 38.1 Å². The van der Waals surface area contributed by atoms with Gasteiger partial charge in [0.2, 0.25) is 0 Å². The fraction of sp³-hybridized carbons (Fsp3) is 0.375. The topological polar surface area (TPSA) is 101 Å².